The number of benzene rings is 1. The number of thioether (sulfide) groups is 1. The summed E-state index contributed by atoms with van der Waals surface area (Å²) in [5, 5.41) is 37.6. The van der Waals surface area contributed by atoms with E-state index in [4.69, 9.17) is 14.7 Å². The van der Waals surface area contributed by atoms with Gasteiger partial charge < -0.3 is 19.7 Å². The van der Waals surface area contributed by atoms with Gasteiger partial charge in [-0.3, -0.25) is 4.98 Å². The van der Waals surface area contributed by atoms with Crippen molar-refractivity contribution in [2.75, 3.05) is 13.7 Å². The molecule has 0 amide bonds. The highest BCUT2D eigenvalue weighted by atomic mass is 32.2. The first-order valence-corrected chi connectivity index (χ1v) is 10.8. The van der Waals surface area contributed by atoms with Crippen molar-refractivity contribution < 1.29 is 32.9 Å². The van der Waals surface area contributed by atoms with Gasteiger partial charge in [0, 0.05) is 30.0 Å². The van der Waals surface area contributed by atoms with Crippen LogP contribution in [0, 0.1) is 28.8 Å². The van der Waals surface area contributed by atoms with Crippen molar-refractivity contribution in [2.45, 2.75) is 34.7 Å². The average Bonchev–Trinajstić information content (AvgIpc) is 3.32. The van der Waals surface area contributed by atoms with Crippen molar-refractivity contribution in [1.29, 1.82) is 5.26 Å². The van der Waals surface area contributed by atoms with Gasteiger partial charge in [-0.15, -0.1) is 5.10 Å². The molecule has 1 fully saturated rings. The van der Waals surface area contributed by atoms with Gasteiger partial charge in [0.1, 0.15) is 41.6 Å². The fourth-order valence-corrected chi connectivity index (χ4v) is 4.84. The van der Waals surface area contributed by atoms with Crippen LogP contribution >= 0.6 is 11.8 Å². The van der Waals surface area contributed by atoms with E-state index in [1.807, 2.05) is 6.07 Å². The minimum Gasteiger partial charge on any atom is -0.394 e. The van der Waals surface area contributed by atoms with Crippen molar-refractivity contribution in [3.8, 4) is 17.3 Å². The Labute approximate surface area is 195 Å². The molecule has 3 unspecified atom stereocenters. The molecule has 2 aromatic heterocycles. The molecule has 1 aromatic carbocycles. The third-order valence-corrected chi connectivity index (χ3v) is 6.39. The molecule has 1 saturated heterocycles. The van der Waals surface area contributed by atoms with Crippen LogP contribution in [0.5, 0.6) is 0 Å². The lowest BCUT2D eigenvalue weighted by atomic mass is 9.97. The number of nitriles is 1. The number of aliphatic hydroxyl groups excluding tert-OH is 2. The summed E-state index contributed by atoms with van der Waals surface area (Å²) in [7, 11) is 1.40. The van der Waals surface area contributed by atoms with E-state index in [0.29, 0.717) is 10.5 Å². The van der Waals surface area contributed by atoms with Crippen molar-refractivity contribution >= 4 is 11.8 Å². The van der Waals surface area contributed by atoms with Gasteiger partial charge in [0.2, 0.25) is 0 Å². The van der Waals surface area contributed by atoms with Crippen LogP contribution in [-0.2, 0) is 9.47 Å². The molecule has 3 heterocycles. The number of hydrogen-bond acceptors (Lipinski definition) is 9. The minimum absolute atomic E-state index is 0.0296. The first-order chi connectivity index (χ1) is 16.4. The summed E-state index contributed by atoms with van der Waals surface area (Å²) < 4.78 is 53.4. The van der Waals surface area contributed by atoms with E-state index in [0.717, 1.165) is 12.1 Å². The number of pyridine rings is 1. The first-order valence-electron chi connectivity index (χ1n) is 9.92. The van der Waals surface area contributed by atoms with Gasteiger partial charge in [-0.25, -0.2) is 17.9 Å². The van der Waals surface area contributed by atoms with E-state index in [2.05, 4.69) is 15.3 Å². The van der Waals surface area contributed by atoms with Gasteiger partial charge in [0.05, 0.1) is 18.4 Å². The number of nitrogens with zero attached hydrogens (tertiary/aromatic N) is 5. The maximum atomic E-state index is 13.7. The topological polar surface area (TPSA) is 126 Å². The molecule has 0 radical (unpaired) electrons. The van der Waals surface area contributed by atoms with Crippen molar-refractivity contribution in [3.05, 3.63) is 59.8 Å². The molecule has 178 valence electrons. The molecule has 1 aliphatic heterocycles. The lowest BCUT2D eigenvalue weighted by Gasteiger charge is -2.43. The number of ether oxygens (including phenoxy) is 2. The monoisotopic (exact) mass is 493 g/mol. The molecule has 9 nitrogen and oxygen atoms in total. The van der Waals surface area contributed by atoms with E-state index in [1.54, 1.807) is 6.07 Å². The maximum absolute atomic E-state index is 13.7. The van der Waals surface area contributed by atoms with E-state index in [-0.39, 0.29) is 11.3 Å². The number of rotatable bonds is 6. The predicted molar refractivity (Wildman–Crippen MR) is 112 cm³/mol. The highest BCUT2D eigenvalue weighted by molar-refractivity contribution is 7.99. The third-order valence-electron chi connectivity index (χ3n) is 5.29. The fraction of sp³-hybridized carbons (Fsp3) is 0.333. The summed E-state index contributed by atoms with van der Waals surface area (Å²) in [6.45, 7) is -0.516. The minimum atomic E-state index is -1.60. The lowest BCUT2D eigenvalue weighted by Crippen LogP contribution is -2.55. The van der Waals surface area contributed by atoms with Crippen LogP contribution < -0.4 is 0 Å². The van der Waals surface area contributed by atoms with Gasteiger partial charge in [-0.1, -0.05) is 17.0 Å². The molecule has 4 rings (SSSR count). The zero-order valence-corrected chi connectivity index (χ0v) is 18.4. The van der Waals surface area contributed by atoms with Gasteiger partial charge in [-0.2, -0.15) is 5.26 Å². The second kappa shape index (κ2) is 10.1. The number of methoxy groups -OCH3 is 1. The Bertz CT molecular complexity index is 1200. The summed E-state index contributed by atoms with van der Waals surface area (Å²) in [5.74, 6) is -4.36. The highest BCUT2D eigenvalue weighted by Crippen LogP contribution is 2.39. The molecule has 34 heavy (non-hydrogen) atoms. The third kappa shape index (κ3) is 4.63. The summed E-state index contributed by atoms with van der Waals surface area (Å²) in [4.78, 5) is 4.60. The highest BCUT2D eigenvalue weighted by Gasteiger charge is 2.47. The Morgan fingerprint density at radius 2 is 1.97 bits per heavy atom. The van der Waals surface area contributed by atoms with Crippen molar-refractivity contribution in [1.82, 2.24) is 20.0 Å². The molecule has 0 aliphatic carbocycles. The Hall–Kier alpha value is -3.02. The Balaban J connectivity index is 1.67. The number of halogens is 3. The molecule has 0 bridgehead atoms. The molecule has 13 heteroatoms. The summed E-state index contributed by atoms with van der Waals surface area (Å²) in [6.07, 6.45) is 1.12. The van der Waals surface area contributed by atoms with E-state index < -0.39 is 53.8 Å². The van der Waals surface area contributed by atoms with Crippen LogP contribution in [0.3, 0.4) is 0 Å². The van der Waals surface area contributed by atoms with Crippen LogP contribution in [0.25, 0.3) is 11.3 Å². The van der Waals surface area contributed by atoms with Gasteiger partial charge in [-0.05, 0) is 18.2 Å². The molecular weight excluding hydrogens is 475 g/mol. The standard InChI is InChI=1S/C21H18F3N5O4S/c1-32-20-18(29-8-15(27-28-29)11-3-13(22)17(24)14(23)4-11)19(31)16(9-30)33-21(20)34-12-2-10(5-25)6-26-7-12/h2-4,6-8,16,18-21,30-31H,9H2,1H3/t16?,18?,19-,20?,21+/m0/s1. The van der Waals surface area contributed by atoms with Gasteiger partial charge in [0.15, 0.2) is 17.5 Å². The summed E-state index contributed by atoms with van der Waals surface area (Å²) in [6, 6.07) is 4.24. The molecule has 1 aliphatic rings. The predicted octanol–water partition coefficient (Wildman–Crippen LogP) is 2.06. The molecule has 0 saturated carbocycles. The number of aromatic nitrogens is 4. The average molecular weight is 493 g/mol. The van der Waals surface area contributed by atoms with Crippen molar-refractivity contribution in [2.24, 2.45) is 0 Å². The normalized spacial score (nSPS) is 24.7. The maximum Gasteiger partial charge on any atom is 0.194 e. The van der Waals surface area contributed by atoms with Gasteiger partial charge >= 0.3 is 0 Å². The quantitative estimate of drug-likeness (QED) is 0.496. The molecular formula is C21H18F3N5O4S. The van der Waals surface area contributed by atoms with Crippen LogP contribution in [0.15, 0.2) is 41.7 Å². The Morgan fingerprint density at radius 1 is 1.24 bits per heavy atom. The van der Waals surface area contributed by atoms with Gasteiger partial charge in [0.25, 0.3) is 0 Å². The van der Waals surface area contributed by atoms with Crippen LogP contribution in [0.1, 0.15) is 11.6 Å². The Kier molecular flexibility index (Phi) is 7.15. The molecule has 5 atom stereocenters. The summed E-state index contributed by atoms with van der Waals surface area (Å²) in [5.41, 5.74) is -0.450. The molecule has 2 N–H and O–H groups in total. The number of hydrogen-bond donors (Lipinski definition) is 2. The molecule has 0 spiro atoms. The zero-order valence-electron chi connectivity index (χ0n) is 17.5. The zero-order chi connectivity index (χ0) is 24.4. The molecule has 3 aromatic rings. The number of aliphatic hydroxyl groups is 2. The summed E-state index contributed by atoms with van der Waals surface area (Å²) >= 11 is 1.17. The fourth-order valence-electron chi connectivity index (χ4n) is 3.65. The largest absolute Gasteiger partial charge is 0.394 e. The second-order valence-electron chi connectivity index (χ2n) is 7.38. The van der Waals surface area contributed by atoms with E-state index in [1.165, 1.54) is 42.1 Å². The van der Waals surface area contributed by atoms with Crippen LogP contribution in [-0.4, -0.2) is 67.7 Å². The Morgan fingerprint density at radius 3 is 2.62 bits per heavy atom. The lowest BCUT2D eigenvalue weighted by molar-refractivity contribution is -0.186. The van der Waals surface area contributed by atoms with Crippen LogP contribution in [0.2, 0.25) is 0 Å². The first kappa shape index (κ1) is 24.1. The van der Waals surface area contributed by atoms with Crippen LogP contribution in [0.4, 0.5) is 13.2 Å². The van der Waals surface area contributed by atoms with E-state index in [9.17, 15) is 23.4 Å². The van der Waals surface area contributed by atoms with E-state index >= 15 is 0 Å². The smallest absolute Gasteiger partial charge is 0.194 e. The van der Waals surface area contributed by atoms with Crippen molar-refractivity contribution in [3.63, 3.8) is 0 Å². The SMILES string of the molecule is COC1C(n2cc(-c3cc(F)c(F)c(F)c3)nn2)[C@@H](O)C(CO)O[C@@H]1Sc1cncc(C#N)c1. The second-order valence-corrected chi connectivity index (χ2v) is 8.56.